The van der Waals surface area contributed by atoms with Crippen LogP contribution >= 0.6 is 0 Å². The van der Waals surface area contributed by atoms with Crippen molar-refractivity contribution in [2.45, 2.75) is 19.8 Å². The minimum absolute atomic E-state index is 0.114. The zero-order chi connectivity index (χ0) is 15.2. The molecule has 1 aromatic carbocycles. The molecule has 0 bridgehead atoms. The fourth-order valence-corrected chi connectivity index (χ4v) is 2.50. The van der Waals surface area contributed by atoms with Crippen LogP contribution in [0.4, 0.5) is 0 Å². The van der Waals surface area contributed by atoms with Crippen molar-refractivity contribution in [1.82, 2.24) is 10.2 Å². The summed E-state index contributed by atoms with van der Waals surface area (Å²) < 4.78 is 0. The van der Waals surface area contributed by atoms with Crippen LogP contribution in [0.3, 0.4) is 0 Å². The molecule has 0 aliphatic rings. The first kappa shape index (κ1) is 16.7. The van der Waals surface area contributed by atoms with Gasteiger partial charge in [0.15, 0.2) is 0 Å². The average molecular weight is 278 g/mol. The van der Waals surface area contributed by atoms with Crippen LogP contribution in [0.5, 0.6) is 0 Å². The number of hydrogen-bond donors (Lipinski definition) is 2. The summed E-state index contributed by atoms with van der Waals surface area (Å²) in [5.74, 6) is -1.28. The molecular formula is C16H26N2O2. The maximum atomic E-state index is 11.4. The van der Waals surface area contributed by atoms with E-state index in [0.29, 0.717) is 6.54 Å². The summed E-state index contributed by atoms with van der Waals surface area (Å²) in [6.45, 7) is 6.57. The van der Waals surface area contributed by atoms with Crippen LogP contribution in [-0.2, 0) is 4.79 Å². The molecule has 0 aromatic heterocycles. The maximum absolute atomic E-state index is 11.4. The molecule has 0 fully saturated rings. The van der Waals surface area contributed by atoms with E-state index in [2.05, 4.69) is 24.1 Å². The predicted molar refractivity (Wildman–Crippen MR) is 82.0 cm³/mol. The molecule has 0 aliphatic heterocycles. The van der Waals surface area contributed by atoms with Crippen LogP contribution < -0.4 is 5.32 Å². The molecule has 0 saturated carbocycles. The van der Waals surface area contributed by atoms with Crippen molar-refractivity contribution >= 4 is 5.97 Å². The third kappa shape index (κ3) is 5.72. The first-order chi connectivity index (χ1) is 9.32. The molecule has 1 unspecified atom stereocenters. The third-order valence-electron chi connectivity index (χ3n) is 3.20. The Bertz CT molecular complexity index is 416. The Morgan fingerprint density at radius 3 is 2.40 bits per heavy atom. The fourth-order valence-electron chi connectivity index (χ4n) is 2.50. The number of aliphatic carboxylic acids is 1. The van der Waals surface area contributed by atoms with Crippen molar-refractivity contribution in [2.75, 3.05) is 33.7 Å². The molecule has 0 radical (unpaired) electrons. The lowest BCUT2D eigenvalue weighted by atomic mass is 9.92. The first-order valence-corrected chi connectivity index (χ1v) is 6.95. The van der Waals surface area contributed by atoms with E-state index in [0.717, 1.165) is 18.7 Å². The molecule has 0 amide bonds. The standard InChI is InChI=1S/C16H26N2O2/c1-16(2,12-18(3)4)11-17-10-14(15(19)20)13-8-6-5-7-9-13/h5-9,14,17H,10-12H2,1-4H3,(H,19,20). The van der Waals surface area contributed by atoms with Gasteiger partial charge in [0.1, 0.15) is 0 Å². The fraction of sp³-hybridized carbons (Fsp3) is 0.562. The van der Waals surface area contributed by atoms with Gasteiger partial charge in [-0.15, -0.1) is 0 Å². The van der Waals surface area contributed by atoms with Gasteiger partial charge in [0.05, 0.1) is 5.92 Å². The summed E-state index contributed by atoms with van der Waals surface area (Å²) in [6.07, 6.45) is 0. The van der Waals surface area contributed by atoms with Gasteiger partial charge in [0.25, 0.3) is 0 Å². The molecule has 4 heteroatoms. The summed E-state index contributed by atoms with van der Waals surface area (Å²) in [5, 5.41) is 12.7. The summed E-state index contributed by atoms with van der Waals surface area (Å²) >= 11 is 0. The Labute approximate surface area is 121 Å². The minimum Gasteiger partial charge on any atom is -0.481 e. The Morgan fingerprint density at radius 1 is 1.30 bits per heavy atom. The molecule has 0 saturated heterocycles. The van der Waals surface area contributed by atoms with E-state index in [1.807, 2.05) is 44.4 Å². The summed E-state index contributed by atoms with van der Waals surface area (Å²) in [6, 6.07) is 9.38. The number of rotatable bonds is 8. The highest BCUT2D eigenvalue weighted by atomic mass is 16.4. The number of nitrogens with zero attached hydrogens (tertiary/aromatic N) is 1. The Kier molecular flexibility index (Phi) is 6.17. The highest BCUT2D eigenvalue weighted by Crippen LogP contribution is 2.17. The minimum atomic E-state index is -0.783. The van der Waals surface area contributed by atoms with E-state index < -0.39 is 11.9 Å². The molecule has 0 heterocycles. The lowest BCUT2D eigenvalue weighted by molar-refractivity contribution is -0.138. The van der Waals surface area contributed by atoms with Crippen molar-refractivity contribution in [3.63, 3.8) is 0 Å². The van der Waals surface area contributed by atoms with Crippen molar-refractivity contribution in [3.05, 3.63) is 35.9 Å². The van der Waals surface area contributed by atoms with Crippen LogP contribution in [-0.4, -0.2) is 49.7 Å². The maximum Gasteiger partial charge on any atom is 0.312 e. The summed E-state index contributed by atoms with van der Waals surface area (Å²) in [7, 11) is 4.09. The van der Waals surface area contributed by atoms with E-state index in [-0.39, 0.29) is 5.41 Å². The van der Waals surface area contributed by atoms with Crippen LogP contribution in [0.15, 0.2) is 30.3 Å². The number of carboxylic acids is 1. The molecule has 1 atom stereocenters. The molecule has 0 spiro atoms. The molecule has 1 aromatic rings. The second-order valence-corrected chi connectivity index (χ2v) is 6.33. The van der Waals surface area contributed by atoms with E-state index in [4.69, 9.17) is 0 Å². The van der Waals surface area contributed by atoms with E-state index in [1.165, 1.54) is 0 Å². The van der Waals surface area contributed by atoms with Crippen molar-refractivity contribution in [1.29, 1.82) is 0 Å². The lowest BCUT2D eigenvalue weighted by Crippen LogP contribution is -2.39. The SMILES string of the molecule is CN(C)CC(C)(C)CNCC(C(=O)O)c1ccccc1. The molecule has 4 nitrogen and oxygen atoms in total. The molecule has 20 heavy (non-hydrogen) atoms. The number of hydrogen-bond acceptors (Lipinski definition) is 3. The zero-order valence-electron chi connectivity index (χ0n) is 12.9. The van der Waals surface area contributed by atoms with Gasteiger partial charge in [-0.2, -0.15) is 0 Å². The van der Waals surface area contributed by atoms with E-state index in [9.17, 15) is 9.90 Å². The van der Waals surface area contributed by atoms with Gasteiger partial charge in [-0.05, 0) is 25.1 Å². The van der Waals surface area contributed by atoms with Crippen molar-refractivity contribution < 1.29 is 9.90 Å². The first-order valence-electron chi connectivity index (χ1n) is 6.95. The van der Waals surface area contributed by atoms with Gasteiger partial charge in [-0.1, -0.05) is 44.2 Å². The smallest absolute Gasteiger partial charge is 0.312 e. The number of nitrogens with one attached hydrogen (secondary N) is 1. The monoisotopic (exact) mass is 278 g/mol. The molecule has 112 valence electrons. The molecule has 0 aliphatic carbocycles. The normalized spacial score (nSPS) is 13.4. The number of carbonyl (C=O) groups is 1. The van der Waals surface area contributed by atoms with Gasteiger partial charge in [0.2, 0.25) is 0 Å². The molecule has 2 N–H and O–H groups in total. The second-order valence-electron chi connectivity index (χ2n) is 6.33. The van der Waals surface area contributed by atoms with Crippen LogP contribution in [0.25, 0.3) is 0 Å². The van der Waals surface area contributed by atoms with Gasteiger partial charge in [-0.3, -0.25) is 4.79 Å². The largest absolute Gasteiger partial charge is 0.481 e. The predicted octanol–water partition coefficient (Wildman–Crippen LogP) is 2.03. The lowest BCUT2D eigenvalue weighted by Gasteiger charge is -2.29. The van der Waals surface area contributed by atoms with Gasteiger partial charge in [0, 0.05) is 19.6 Å². The number of carboxylic acid groups (broad SMARTS) is 1. The third-order valence-corrected chi connectivity index (χ3v) is 3.20. The Hall–Kier alpha value is -1.39. The van der Waals surface area contributed by atoms with Gasteiger partial charge < -0.3 is 15.3 Å². The second kappa shape index (κ2) is 7.41. The quantitative estimate of drug-likeness (QED) is 0.764. The Morgan fingerprint density at radius 2 is 1.90 bits per heavy atom. The van der Waals surface area contributed by atoms with Gasteiger partial charge >= 0.3 is 5.97 Å². The van der Waals surface area contributed by atoms with Crippen LogP contribution in [0.1, 0.15) is 25.3 Å². The average Bonchev–Trinajstić information content (AvgIpc) is 2.33. The highest BCUT2D eigenvalue weighted by Gasteiger charge is 2.22. The molecular weight excluding hydrogens is 252 g/mol. The number of benzene rings is 1. The van der Waals surface area contributed by atoms with E-state index in [1.54, 1.807) is 0 Å². The van der Waals surface area contributed by atoms with Crippen molar-refractivity contribution in [3.8, 4) is 0 Å². The van der Waals surface area contributed by atoms with Crippen LogP contribution in [0, 0.1) is 5.41 Å². The Balaban J connectivity index is 2.55. The highest BCUT2D eigenvalue weighted by molar-refractivity contribution is 5.76. The van der Waals surface area contributed by atoms with Crippen LogP contribution in [0.2, 0.25) is 0 Å². The van der Waals surface area contributed by atoms with Gasteiger partial charge in [-0.25, -0.2) is 0 Å². The summed E-state index contributed by atoms with van der Waals surface area (Å²) in [4.78, 5) is 13.5. The zero-order valence-corrected chi connectivity index (χ0v) is 12.9. The van der Waals surface area contributed by atoms with Crippen molar-refractivity contribution in [2.24, 2.45) is 5.41 Å². The van der Waals surface area contributed by atoms with E-state index >= 15 is 0 Å². The molecule has 1 rings (SSSR count). The summed E-state index contributed by atoms with van der Waals surface area (Å²) in [5.41, 5.74) is 0.960. The topological polar surface area (TPSA) is 52.6 Å².